The fraction of sp³-hybridized carbons (Fsp3) is 0.500. The van der Waals surface area contributed by atoms with Crippen molar-refractivity contribution in [3.8, 4) is 0 Å². The Labute approximate surface area is 126 Å². The minimum atomic E-state index is -4.03. The molecule has 2 aromatic rings. The molecule has 1 saturated carbocycles. The predicted octanol–water partition coefficient (Wildman–Crippen LogP) is 5.66. The van der Waals surface area contributed by atoms with Crippen molar-refractivity contribution in [2.45, 2.75) is 38.4 Å². The third-order valence-corrected chi connectivity index (χ3v) is 4.81. The average Bonchev–Trinajstić information content (AvgIpc) is 2.83. The molecule has 0 amide bonds. The maximum Gasteiger partial charge on any atom is 0.391 e. The van der Waals surface area contributed by atoms with Crippen molar-refractivity contribution in [3.05, 3.63) is 35.5 Å². The van der Waals surface area contributed by atoms with E-state index in [4.69, 9.17) is 11.6 Å². The lowest BCUT2D eigenvalue weighted by atomic mass is 9.81. The largest absolute Gasteiger partial charge is 0.391 e. The molecule has 0 spiro atoms. The molecule has 1 nitrogen and oxygen atoms in total. The van der Waals surface area contributed by atoms with Gasteiger partial charge in [-0.25, -0.2) is 0 Å². The average molecular weight is 316 g/mol. The summed E-state index contributed by atoms with van der Waals surface area (Å²) in [6.07, 6.45) is -0.286. The van der Waals surface area contributed by atoms with Crippen LogP contribution >= 0.6 is 11.6 Å². The van der Waals surface area contributed by atoms with Gasteiger partial charge in [0, 0.05) is 18.1 Å². The second kappa shape index (κ2) is 5.56. The molecule has 5 heteroatoms. The van der Waals surface area contributed by atoms with Gasteiger partial charge in [0.1, 0.15) is 0 Å². The summed E-state index contributed by atoms with van der Waals surface area (Å²) in [5, 5.41) is 1.77. The van der Waals surface area contributed by atoms with Gasteiger partial charge in [0.25, 0.3) is 0 Å². The lowest BCUT2D eigenvalue weighted by Gasteiger charge is -2.30. The van der Waals surface area contributed by atoms with Crippen LogP contribution in [0.2, 0.25) is 5.02 Å². The van der Waals surface area contributed by atoms with Crippen LogP contribution < -0.4 is 0 Å². The van der Waals surface area contributed by atoms with E-state index >= 15 is 0 Å². The third kappa shape index (κ3) is 3.05. The van der Waals surface area contributed by atoms with Gasteiger partial charge in [-0.1, -0.05) is 23.7 Å². The number of rotatable bonds is 2. The number of nitrogens with zero attached hydrogens (tertiary/aromatic N) is 1. The smallest absolute Gasteiger partial charge is 0.346 e. The SMILES string of the molecule is FC(F)(F)C1CCC(Cn2ccc3cccc(Cl)c32)CC1. The summed E-state index contributed by atoms with van der Waals surface area (Å²) in [4.78, 5) is 0. The van der Waals surface area contributed by atoms with Crippen LogP contribution in [0, 0.1) is 11.8 Å². The standard InChI is InChI=1S/C16H17ClF3N/c17-14-3-1-2-12-8-9-21(15(12)14)10-11-4-6-13(7-5-11)16(18,19)20/h1-3,8-9,11,13H,4-7,10H2. The Morgan fingerprint density at radius 1 is 1.10 bits per heavy atom. The van der Waals surface area contributed by atoms with Crippen LogP contribution in [0.25, 0.3) is 10.9 Å². The Hall–Kier alpha value is -1.16. The third-order valence-electron chi connectivity index (χ3n) is 4.50. The van der Waals surface area contributed by atoms with E-state index in [0.717, 1.165) is 17.4 Å². The van der Waals surface area contributed by atoms with Crippen LogP contribution in [-0.2, 0) is 6.54 Å². The first-order valence-corrected chi connectivity index (χ1v) is 7.63. The van der Waals surface area contributed by atoms with E-state index in [-0.39, 0.29) is 12.8 Å². The molecule has 1 aromatic heterocycles. The highest BCUT2D eigenvalue weighted by atomic mass is 35.5. The fourth-order valence-corrected chi connectivity index (χ4v) is 3.61. The number of fused-ring (bicyclic) bond motifs is 1. The molecule has 21 heavy (non-hydrogen) atoms. The Balaban J connectivity index is 1.70. The molecule has 1 aromatic carbocycles. The van der Waals surface area contributed by atoms with Gasteiger partial charge in [0.15, 0.2) is 0 Å². The molecular weight excluding hydrogens is 299 g/mol. The molecule has 0 N–H and O–H groups in total. The van der Waals surface area contributed by atoms with Crippen LogP contribution in [0.4, 0.5) is 13.2 Å². The first kappa shape index (κ1) is 14.8. The summed E-state index contributed by atoms with van der Waals surface area (Å²) in [5.74, 6) is -0.811. The van der Waals surface area contributed by atoms with Gasteiger partial charge in [0.2, 0.25) is 0 Å². The summed E-state index contributed by atoms with van der Waals surface area (Å²) in [5.41, 5.74) is 0.983. The monoisotopic (exact) mass is 315 g/mol. The molecular formula is C16H17ClF3N. The zero-order valence-electron chi connectivity index (χ0n) is 11.5. The van der Waals surface area contributed by atoms with Gasteiger partial charge >= 0.3 is 6.18 Å². The molecule has 0 unspecified atom stereocenters. The highest BCUT2D eigenvalue weighted by Gasteiger charge is 2.41. The van der Waals surface area contributed by atoms with E-state index in [1.165, 1.54) is 0 Å². The van der Waals surface area contributed by atoms with E-state index in [1.807, 2.05) is 30.5 Å². The van der Waals surface area contributed by atoms with Crippen LogP contribution in [-0.4, -0.2) is 10.7 Å². The summed E-state index contributed by atoms with van der Waals surface area (Å²) in [7, 11) is 0. The molecule has 0 radical (unpaired) electrons. The molecule has 1 fully saturated rings. The molecule has 0 bridgehead atoms. The molecule has 0 atom stereocenters. The number of aromatic nitrogens is 1. The van der Waals surface area contributed by atoms with Gasteiger partial charge < -0.3 is 4.57 Å². The Morgan fingerprint density at radius 2 is 1.81 bits per heavy atom. The molecule has 3 rings (SSSR count). The predicted molar refractivity (Wildman–Crippen MR) is 78.5 cm³/mol. The Bertz CT molecular complexity index is 624. The molecule has 1 aliphatic rings. The number of halogens is 4. The van der Waals surface area contributed by atoms with Gasteiger partial charge in [-0.2, -0.15) is 13.2 Å². The first-order chi connectivity index (χ1) is 9.95. The van der Waals surface area contributed by atoms with Crippen molar-refractivity contribution in [1.29, 1.82) is 0 Å². The molecule has 1 aliphatic carbocycles. The van der Waals surface area contributed by atoms with E-state index in [9.17, 15) is 13.2 Å². The summed E-state index contributed by atoms with van der Waals surface area (Å²) in [6.45, 7) is 0.748. The molecule has 0 aliphatic heterocycles. The lowest BCUT2D eigenvalue weighted by molar-refractivity contribution is -0.184. The van der Waals surface area contributed by atoms with Crippen LogP contribution in [0.3, 0.4) is 0 Å². The van der Waals surface area contributed by atoms with Crippen molar-refractivity contribution in [1.82, 2.24) is 4.57 Å². The van der Waals surface area contributed by atoms with E-state index in [2.05, 4.69) is 4.57 Å². The Kier molecular flexibility index (Phi) is 3.91. The summed E-state index contributed by atoms with van der Waals surface area (Å²) >= 11 is 6.23. The molecule has 0 saturated heterocycles. The maximum absolute atomic E-state index is 12.7. The normalized spacial score (nSPS) is 23.6. The number of para-hydroxylation sites is 1. The number of benzene rings is 1. The number of hydrogen-bond donors (Lipinski definition) is 0. The second-order valence-electron chi connectivity index (χ2n) is 5.91. The van der Waals surface area contributed by atoms with Gasteiger partial charge in [-0.3, -0.25) is 0 Å². The van der Waals surface area contributed by atoms with Crippen molar-refractivity contribution in [3.63, 3.8) is 0 Å². The minimum Gasteiger partial charge on any atom is -0.346 e. The van der Waals surface area contributed by atoms with Crippen molar-refractivity contribution < 1.29 is 13.2 Å². The topological polar surface area (TPSA) is 4.93 Å². The van der Waals surface area contributed by atoms with Gasteiger partial charge in [0.05, 0.1) is 16.5 Å². The van der Waals surface area contributed by atoms with E-state index in [0.29, 0.717) is 23.8 Å². The highest BCUT2D eigenvalue weighted by molar-refractivity contribution is 6.35. The van der Waals surface area contributed by atoms with E-state index in [1.54, 1.807) is 0 Å². The van der Waals surface area contributed by atoms with Crippen molar-refractivity contribution in [2.24, 2.45) is 11.8 Å². The molecule has 1 heterocycles. The quantitative estimate of drug-likeness (QED) is 0.673. The van der Waals surface area contributed by atoms with E-state index < -0.39 is 12.1 Å². The summed E-state index contributed by atoms with van der Waals surface area (Å²) < 4.78 is 40.1. The highest BCUT2D eigenvalue weighted by Crippen LogP contribution is 2.40. The fourth-order valence-electron chi connectivity index (χ4n) is 3.32. The van der Waals surface area contributed by atoms with Gasteiger partial charge in [-0.05, 0) is 43.7 Å². The van der Waals surface area contributed by atoms with Crippen molar-refractivity contribution in [2.75, 3.05) is 0 Å². The van der Waals surface area contributed by atoms with Crippen LogP contribution in [0.15, 0.2) is 30.5 Å². The second-order valence-corrected chi connectivity index (χ2v) is 6.31. The zero-order valence-corrected chi connectivity index (χ0v) is 12.3. The first-order valence-electron chi connectivity index (χ1n) is 7.25. The van der Waals surface area contributed by atoms with Crippen LogP contribution in [0.5, 0.6) is 0 Å². The van der Waals surface area contributed by atoms with Crippen molar-refractivity contribution >= 4 is 22.5 Å². The van der Waals surface area contributed by atoms with Gasteiger partial charge in [-0.15, -0.1) is 0 Å². The zero-order chi connectivity index (χ0) is 15.0. The summed E-state index contributed by atoms with van der Waals surface area (Å²) in [6, 6.07) is 7.76. The lowest BCUT2D eigenvalue weighted by Crippen LogP contribution is -2.28. The van der Waals surface area contributed by atoms with Crippen LogP contribution in [0.1, 0.15) is 25.7 Å². The minimum absolute atomic E-state index is 0.251. The number of hydrogen-bond acceptors (Lipinski definition) is 0. The number of alkyl halides is 3. The Morgan fingerprint density at radius 3 is 2.48 bits per heavy atom. The molecule has 114 valence electrons. The maximum atomic E-state index is 12.7.